The fourth-order valence-corrected chi connectivity index (χ4v) is 2.66. The minimum absolute atomic E-state index is 0.0355. The Hall–Kier alpha value is -0.810. The minimum Gasteiger partial charge on any atom is -0.351 e. The fourth-order valence-electron chi connectivity index (χ4n) is 1.91. The van der Waals surface area contributed by atoms with E-state index >= 15 is 0 Å². The number of aromatic nitrogens is 1. The molecular formula is C10H14ClN3OS. The molecule has 1 N–H and O–H groups in total. The molecule has 1 aromatic rings. The van der Waals surface area contributed by atoms with Crippen LogP contribution in [0.5, 0.6) is 0 Å². The van der Waals surface area contributed by atoms with E-state index in [-0.39, 0.29) is 17.8 Å². The smallest absolute Gasteiger partial charge is 0.235 e. The van der Waals surface area contributed by atoms with Gasteiger partial charge in [0.05, 0.1) is 0 Å². The first-order chi connectivity index (χ1) is 7.79. The van der Waals surface area contributed by atoms with Gasteiger partial charge in [-0.25, -0.2) is 4.98 Å². The lowest BCUT2D eigenvalue weighted by Gasteiger charge is -2.32. The Labute approximate surface area is 104 Å². The number of amides is 1. The van der Waals surface area contributed by atoms with Crippen molar-refractivity contribution in [2.24, 2.45) is 0 Å². The number of hydrogen-bond acceptors (Lipinski definition) is 4. The summed E-state index contributed by atoms with van der Waals surface area (Å²) in [6.07, 6.45) is 3.90. The Morgan fingerprint density at radius 3 is 3.31 bits per heavy atom. The number of carbonyl (C=O) groups excluding carboxylic acids is 1. The first-order valence-corrected chi connectivity index (χ1v) is 6.71. The molecule has 6 heteroatoms. The SMILES string of the molecule is O=C(CCl)N[C@@H]1CCCN(c2nccs2)C1. The molecule has 1 atom stereocenters. The first-order valence-electron chi connectivity index (χ1n) is 5.29. The lowest BCUT2D eigenvalue weighted by molar-refractivity contribution is -0.119. The van der Waals surface area contributed by atoms with E-state index in [1.54, 1.807) is 17.5 Å². The second-order valence-corrected chi connectivity index (χ2v) is 4.94. The Morgan fingerprint density at radius 1 is 1.75 bits per heavy atom. The predicted octanol–water partition coefficient (Wildman–Crippen LogP) is 1.47. The average molecular weight is 260 g/mol. The van der Waals surface area contributed by atoms with Crippen LogP contribution < -0.4 is 10.2 Å². The van der Waals surface area contributed by atoms with Gasteiger partial charge in [-0.15, -0.1) is 22.9 Å². The highest BCUT2D eigenvalue weighted by Gasteiger charge is 2.22. The van der Waals surface area contributed by atoms with Gasteiger partial charge in [0.15, 0.2) is 5.13 Å². The minimum atomic E-state index is -0.0901. The molecule has 16 heavy (non-hydrogen) atoms. The molecule has 1 aliphatic rings. The summed E-state index contributed by atoms with van der Waals surface area (Å²) in [7, 11) is 0. The van der Waals surface area contributed by atoms with Crippen molar-refractivity contribution < 1.29 is 4.79 Å². The van der Waals surface area contributed by atoms with Crippen LogP contribution in [0.1, 0.15) is 12.8 Å². The van der Waals surface area contributed by atoms with Crippen molar-refractivity contribution in [3.8, 4) is 0 Å². The fraction of sp³-hybridized carbons (Fsp3) is 0.600. The van der Waals surface area contributed by atoms with Crippen molar-refractivity contribution in [2.75, 3.05) is 23.9 Å². The zero-order valence-electron chi connectivity index (χ0n) is 8.86. The van der Waals surface area contributed by atoms with Gasteiger partial charge in [0.1, 0.15) is 5.88 Å². The number of rotatable bonds is 3. The molecule has 2 rings (SSSR count). The van der Waals surface area contributed by atoms with Crippen LogP contribution in [0.2, 0.25) is 0 Å². The van der Waals surface area contributed by atoms with Gasteiger partial charge >= 0.3 is 0 Å². The summed E-state index contributed by atoms with van der Waals surface area (Å²) < 4.78 is 0. The molecule has 0 aliphatic carbocycles. The van der Waals surface area contributed by atoms with Crippen LogP contribution in [0, 0.1) is 0 Å². The molecule has 1 aliphatic heterocycles. The van der Waals surface area contributed by atoms with E-state index in [0.717, 1.165) is 31.1 Å². The van der Waals surface area contributed by atoms with Crippen LogP contribution in [0.3, 0.4) is 0 Å². The van der Waals surface area contributed by atoms with E-state index < -0.39 is 0 Å². The number of nitrogens with zero attached hydrogens (tertiary/aromatic N) is 2. The molecule has 0 saturated carbocycles. The second-order valence-electron chi connectivity index (χ2n) is 3.80. The number of hydrogen-bond donors (Lipinski definition) is 1. The normalized spacial score (nSPS) is 20.8. The zero-order valence-corrected chi connectivity index (χ0v) is 10.4. The van der Waals surface area contributed by atoms with Crippen molar-refractivity contribution in [1.29, 1.82) is 0 Å². The number of nitrogens with one attached hydrogen (secondary N) is 1. The van der Waals surface area contributed by atoms with Gasteiger partial charge < -0.3 is 10.2 Å². The van der Waals surface area contributed by atoms with E-state index in [1.807, 2.05) is 5.38 Å². The predicted molar refractivity (Wildman–Crippen MR) is 66.2 cm³/mol. The number of halogens is 1. The van der Waals surface area contributed by atoms with E-state index in [4.69, 9.17) is 11.6 Å². The molecule has 1 aromatic heterocycles. The highest BCUT2D eigenvalue weighted by atomic mass is 35.5. The number of carbonyl (C=O) groups is 1. The Morgan fingerprint density at radius 2 is 2.62 bits per heavy atom. The van der Waals surface area contributed by atoms with Gasteiger partial charge in [-0.3, -0.25) is 4.79 Å². The van der Waals surface area contributed by atoms with Crippen molar-refractivity contribution in [1.82, 2.24) is 10.3 Å². The molecule has 0 unspecified atom stereocenters. The maximum atomic E-state index is 11.2. The molecular weight excluding hydrogens is 246 g/mol. The summed E-state index contributed by atoms with van der Waals surface area (Å²) in [4.78, 5) is 17.7. The maximum Gasteiger partial charge on any atom is 0.235 e. The van der Waals surface area contributed by atoms with Crippen LogP contribution in [-0.2, 0) is 4.79 Å². The quantitative estimate of drug-likeness (QED) is 0.836. The van der Waals surface area contributed by atoms with Crippen LogP contribution in [0.25, 0.3) is 0 Å². The van der Waals surface area contributed by atoms with Gasteiger partial charge in [0.25, 0.3) is 0 Å². The third-order valence-electron chi connectivity index (χ3n) is 2.60. The summed E-state index contributed by atoms with van der Waals surface area (Å²) in [5.74, 6) is -0.0547. The first kappa shape index (κ1) is 11.7. The third kappa shape index (κ3) is 2.86. The molecule has 2 heterocycles. The van der Waals surface area contributed by atoms with E-state index in [2.05, 4.69) is 15.2 Å². The van der Waals surface area contributed by atoms with Gasteiger partial charge in [-0.2, -0.15) is 0 Å². The highest BCUT2D eigenvalue weighted by molar-refractivity contribution is 7.13. The molecule has 1 amide bonds. The Kier molecular flexibility index (Phi) is 4.01. The average Bonchev–Trinajstić information content (AvgIpc) is 2.83. The molecule has 0 bridgehead atoms. The van der Waals surface area contributed by atoms with Crippen LogP contribution in [0.15, 0.2) is 11.6 Å². The summed E-state index contributed by atoms with van der Waals surface area (Å²) in [6.45, 7) is 1.84. The summed E-state index contributed by atoms with van der Waals surface area (Å²) >= 11 is 7.10. The lowest BCUT2D eigenvalue weighted by Crippen LogP contribution is -2.48. The van der Waals surface area contributed by atoms with Crippen LogP contribution in [0.4, 0.5) is 5.13 Å². The van der Waals surface area contributed by atoms with Crippen molar-refractivity contribution in [2.45, 2.75) is 18.9 Å². The van der Waals surface area contributed by atoms with Gasteiger partial charge in [-0.1, -0.05) is 0 Å². The second kappa shape index (κ2) is 5.50. The summed E-state index contributed by atoms with van der Waals surface area (Å²) in [6, 6.07) is 0.198. The number of thiazole rings is 1. The zero-order chi connectivity index (χ0) is 11.4. The lowest BCUT2D eigenvalue weighted by atomic mass is 10.1. The monoisotopic (exact) mass is 259 g/mol. The van der Waals surface area contributed by atoms with E-state index in [9.17, 15) is 4.79 Å². The molecule has 0 aromatic carbocycles. The molecule has 1 saturated heterocycles. The molecule has 0 radical (unpaired) electrons. The Bertz CT molecular complexity index is 344. The molecule has 88 valence electrons. The van der Waals surface area contributed by atoms with Gasteiger partial charge in [0, 0.05) is 30.7 Å². The van der Waals surface area contributed by atoms with Crippen molar-refractivity contribution in [3.05, 3.63) is 11.6 Å². The van der Waals surface area contributed by atoms with E-state index in [1.165, 1.54) is 0 Å². The van der Waals surface area contributed by atoms with Crippen molar-refractivity contribution in [3.63, 3.8) is 0 Å². The standard InChI is InChI=1S/C10H14ClN3OS/c11-6-9(15)13-8-2-1-4-14(7-8)10-12-3-5-16-10/h3,5,8H,1-2,4,6-7H2,(H,13,15)/t8-/m1/s1. The highest BCUT2D eigenvalue weighted by Crippen LogP contribution is 2.21. The molecule has 1 fully saturated rings. The number of piperidine rings is 1. The number of alkyl halides is 1. The van der Waals surface area contributed by atoms with E-state index in [0.29, 0.717) is 0 Å². The van der Waals surface area contributed by atoms with Gasteiger partial charge in [0.2, 0.25) is 5.91 Å². The summed E-state index contributed by atoms with van der Waals surface area (Å²) in [5, 5.41) is 5.93. The maximum absolute atomic E-state index is 11.2. The Balaban J connectivity index is 1.91. The molecule has 0 spiro atoms. The molecule has 4 nitrogen and oxygen atoms in total. The van der Waals surface area contributed by atoms with Crippen LogP contribution >= 0.6 is 22.9 Å². The van der Waals surface area contributed by atoms with Crippen molar-refractivity contribution >= 4 is 34.0 Å². The third-order valence-corrected chi connectivity index (χ3v) is 3.67. The number of anilines is 1. The largest absolute Gasteiger partial charge is 0.351 e. The van der Waals surface area contributed by atoms with Crippen LogP contribution in [-0.4, -0.2) is 35.9 Å². The van der Waals surface area contributed by atoms with Gasteiger partial charge in [-0.05, 0) is 12.8 Å². The summed E-state index contributed by atoms with van der Waals surface area (Å²) in [5.41, 5.74) is 0. The topological polar surface area (TPSA) is 45.2 Å².